The van der Waals surface area contributed by atoms with E-state index >= 15 is 0 Å². The first-order valence-electron chi connectivity index (χ1n) is 8.87. The van der Waals surface area contributed by atoms with Gasteiger partial charge in [-0.1, -0.05) is 0 Å². The van der Waals surface area contributed by atoms with Crippen molar-refractivity contribution in [2.45, 2.75) is 20.3 Å². The Bertz CT molecular complexity index is 879. The Kier molecular flexibility index (Phi) is 4.79. The van der Waals surface area contributed by atoms with E-state index in [9.17, 15) is 0 Å². The highest BCUT2D eigenvalue weighted by Gasteiger charge is 2.19. The third kappa shape index (κ3) is 3.67. The van der Waals surface area contributed by atoms with Crippen LogP contribution in [0.1, 0.15) is 17.8 Å². The Morgan fingerprint density at radius 1 is 0.885 bits per heavy atom. The number of rotatable bonds is 3. The second kappa shape index (κ2) is 7.37. The summed E-state index contributed by atoms with van der Waals surface area (Å²) >= 11 is 1.73. The zero-order valence-corrected chi connectivity index (χ0v) is 15.9. The van der Waals surface area contributed by atoms with E-state index < -0.39 is 0 Å². The van der Waals surface area contributed by atoms with E-state index in [1.165, 1.54) is 0 Å². The Morgan fingerprint density at radius 3 is 2.42 bits per heavy atom. The average Bonchev–Trinajstić information content (AvgIpc) is 2.94. The summed E-state index contributed by atoms with van der Waals surface area (Å²) in [5, 5.41) is 3.24. The number of hydrogen-bond acceptors (Lipinski definition) is 7. The predicted molar refractivity (Wildman–Crippen MR) is 106 cm³/mol. The molecule has 6 nitrogen and oxygen atoms in total. The van der Waals surface area contributed by atoms with Crippen molar-refractivity contribution >= 4 is 22.3 Å². The molecular weight excluding hydrogens is 344 g/mol. The van der Waals surface area contributed by atoms with Gasteiger partial charge in [-0.15, -0.1) is 11.3 Å². The third-order valence-corrected chi connectivity index (χ3v) is 5.50. The lowest BCUT2D eigenvalue weighted by Gasteiger charge is -2.23. The highest BCUT2D eigenvalue weighted by Crippen LogP contribution is 2.24. The summed E-state index contributed by atoms with van der Waals surface area (Å²) < 4.78 is 0. The molecule has 0 atom stereocenters. The summed E-state index contributed by atoms with van der Waals surface area (Å²) in [5.74, 6) is 1.76. The molecule has 4 rings (SSSR count). The van der Waals surface area contributed by atoms with E-state index in [0.29, 0.717) is 0 Å². The van der Waals surface area contributed by atoms with Gasteiger partial charge in [0.1, 0.15) is 5.82 Å². The van der Waals surface area contributed by atoms with Gasteiger partial charge in [-0.2, -0.15) is 0 Å². The number of aryl methyl sites for hydroxylation is 2. The second-order valence-corrected chi connectivity index (χ2v) is 7.36. The maximum absolute atomic E-state index is 4.83. The number of pyridine rings is 1. The quantitative estimate of drug-likeness (QED) is 0.709. The molecule has 1 aliphatic heterocycles. The van der Waals surface area contributed by atoms with Crippen molar-refractivity contribution in [2.24, 2.45) is 0 Å². The molecule has 7 heteroatoms. The summed E-state index contributed by atoms with van der Waals surface area (Å²) in [7, 11) is 0. The van der Waals surface area contributed by atoms with E-state index in [2.05, 4.69) is 43.1 Å². The maximum atomic E-state index is 4.83. The normalized spacial score (nSPS) is 15.2. The number of anilines is 2. The van der Waals surface area contributed by atoms with Gasteiger partial charge < -0.3 is 9.80 Å². The van der Waals surface area contributed by atoms with E-state index in [1.807, 2.05) is 19.1 Å². The van der Waals surface area contributed by atoms with Crippen LogP contribution in [0.2, 0.25) is 0 Å². The third-order valence-electron chi connectivity index (χ3n) is 4.48. The molecule has 3 aromatic heterocycles. The van der Waals surface area contributed by atoms with Crippen LogP contribution < -0.4 is 9.80 Å². The van der Waals surface area contributed by atoms with E-state index in [1.54, 1.807) is 23.7 Å². The minimum atomic E-state index is 0.763. The molecule has 0 amide bonds. The Hall–Kier alpha value is -2.54. The summed E-state index contributed by atoms with van der Waals surface area (Å²) in [6.07, 6.45) is 4.65. The van der Waals surface area contributed by atoms with Crippen molar-refractivity contribution in [3.05, 3.63) is 47.4 Å². The van der Waals surface area contributed by atoms with Gasteiger partial charge in [0, 0.05) is 61.3 Å². The lowest BCUT2D eigenvalue weighted by atomic mass is 10.2. The molecule has 0 saturated carbocycles. The molecule has 0 bridgehead atoms. The summed E-state index contributed by atoms with van der Waals surface area (Å²) in [6.45, 7) is 8.00. The number of aromatic nitrogens is 4. The van der Waals surface area contributed by atoms with Gasteiger partial charge in [0.15, 0.2) is 11.0 Å². The highest BCUT2D eigenvalue weighted by atomic mass is 32.1. The van der Waals surface area contributed by atoms with Gasteiger partial charge in [-0.3, -0.25) is 4.98 Å². The molecule has 134 valence electrons. The molecular formula is C19H22N6S. The number of hydrogen-bond donors (Lipinski definition) is 0. The smallest absolute Gasteiger partial charge is 0.185 e. The average molecular weight is 366 g/mol. The Labute approximate surface area is 157 Å². The van der Waals surface area contributed by atoms with Crippen molar-refractivity contribution in [2.75, 3.05) is 36.0 Å². The van der Waals surface area contributed by atoms with Crippen LogP contribution in [0.4, 0.5) is 10.9 Å². The van der Waals surface area contributed by atoms with Crippen LogP contribution in [0.5, 0.6) is 0 Å². The van der Waals surface area contributed by atoms with Crippen molar-refractivity contribution in [3.8, 4) is 11.4 Å². The van der Waals surface area contributed by atoms with E-state index in [4.69, 9.17) is 4.98 Å². The molecule has 0 radical (unpaired) electrons. The fourth-order valence-electron chi connectivity index (χ4n) is 3.17. The van der Waals surface area contributed by atoms with Gasteiger partial charge in [0.05, 0.1) is 5.69 Å². The van der Waals surface area contributed by atoms with Gasteiger partial charge >= 0.3 is 0 Å². The first-order valence-corrected chi connectivity index (χ1v) is 9.75. The zero-order valence-electron chi connectivity index (χ0n) is 15.1. The van der Waals surface area contributed by atoms with Crippen LogP contribution >= 0.6 is 11.3 Å². The zero-order chi connectivity index (χ0) is 17.9. The fraction of sp³-hybridized carbons (Fsp3) is 0.368. The summed E-state index contributed by atoms with van der Waals surface area (Å²) in [5.41, 5.74) is 3.08. The molecule has 1 saturated heterocycles. The molecule has 0 aliphatic carbocycles. The SMILES string of the molecule is Cc1cc(N2CCCN(c3nc(C)cs3)CC2)nc(-c2ccncc2)n1. The van der Waals surface area contributed by atoms with Crippen LogP contribution in [-0.4, -0.2) is 46.1 Å². The largest absolute Gasteiger partial charge is 0.355 e. The second-order valence-electron chi connectivity index (χ2n) is 6.53. The standard InChI is InChI=1S/C19H22N6S/c1-14-12-17(23-18(21-14)16-4-6-20-7-5-16)24-8-3-9-25(11-10-24)19-22-15(2)13-26-19/h4-7,12-13H,3,8-11H2,1-2H3. The van der Waals surface area contributed by atoms with Gasteiger partial charge in [-0.05, 0) is 32.4 Å². The molecule has 0 N–H and O–H groups in total. The van der Waals surface area contributed by atoms with Crippen LogP contribution in [-0.2, 0) is 0 Å². The molecule has 0 aromatic carbocycles. The van der Waals surface area contributed by atoms with Gasteiger partial charge in [0.2, 0.25) is 0 Å². The fourth-order valence-corrected chi connectivity index (χ4v) is 4.03. The van der Waals surface area contributed by atoms with Crippen molar-refractivity contribution in [3.63, 3.8) is 0 Å². The molecule has 1 aliphatic rings. The van der Waals surface area contributed by atoms with Crippen molar-refractivity contribution < 1.29 is 0 Å². The van der Waals surface area contributed by atoms with E-state index in [0.717, 1.165) is 66.3 Å². The summed E-state index contributed by atoms with van der Waals surface area (Å²) in [6, 6.07) is 5.98. The molecule has 26 heavy (non-hydrogen) atoms. The minimum absolute atomic E-state index is 0.763. The minimum Gasteiger partial charge on any atom is -0.355 e. The maximum Gasteiger partial charge on any atom is 0.185 e. The predicted octanol–water partition coefficient (Wildman–Crippen LogP) is 3.33. The lowest BCUT2D eigenvalue weighted by Crippen LogP contribution is -2.31. The van der Waals surface area contributed by atoms with Crippen LogP contribution in [0.25, 0.3) is 11.4 Å². The van der Waals surface area contributed by atoms with Crippen LogP contribution in [0.15, 0.2) is 36.0 Å². The Balaban J connectivity index is 1.55. The number of thiazole rings is 1. The van der Waals surface area contributed by atoms with Crippen LogP contribution in [0.3, 0.4) is 0 Å². The lowest BCUT2D eigenvalue weighted by molar-refractivity contribution is 0.794. The first kappa shape index (κ1) is 16.9. The van der Waals surface area contributed by atoms with Crippen LogP contribution in [0, 0.1) is 13.8 Å². The molecule has 1 fully saturated rings. The molecule has 0 unspecified atom stereocenters. The first-order chi connectivity index (χ1) is 12.7. The molecule has 0 spiro atoms. The summed E-state index contributed by atoms with van der Waals surface area (Å²) in [4.78, 5) is 22.9. The molecule has 4 heterocycles. The van der Waals surface area contributed by atoms with Crippen molar-refractivity contribution in [1.82, 2.24) is 19.9 Å². The monoisotopic (exact) mass is 366 g/mol. The molecule has 3 aromatic rings. The number of nitrogens with zero attached hydrogens (tertiary/aromatic N) is 6. The van der Waals surface area contributed by atoms with E-state index in [-0.39, 0.29) is 0 Å². The Morgan fingerprint density at radius 2 is 1.65 bits per heavy atom. The van der Waals surface area contributed by atoms with Gasteiger partial charge in [0.25, 0.3) is 0 Å². The van der Waals surface area contributed by atoms with Gasteiger partial charge in [-0.25, -0.2) is 15.0 Å². The highest BCUT2D eigenvalue weighted by molar-refractivity contribution is 7.13. The van der Waals surface area contributed by atoms with Crippen molar-refractivity contribution in [1.29, 1.82) is 0 Å². The topological polar surface area (TPSA) is 58.0 Å².